The van der Waals surface area contributed by atoms with Gasteiger partial charge in [0.25, 0.3) is 0 Å². The van der Waals surface area contributed by atoms with Crippen LogP contribution in [0.25, 0.3) is 5.82 Å². The Morgan fingerprint density at radius 3 is 2.55 bits per heavy atom. The predicted molar refractivity (Wildman–Crippen MR) is 119 cm³/mol. The number of esters is 1. The number of piperazine rings is 1. The third kappa shape index (κ3) is 4.42. The molecular formula is C22H26N4O4S. The molecule has 1 atom stereocenters. The van der Waals surface area contributed by atoms with Crippen LogP contribution in [0.4, 0.5) is 16.2 Å². The second kappa shape index (κ2) is 8.68. The van der Waals surface area contributed by atoms with Gasteiger partial charge in [0, 0.05) is 44.9 Å². The van der Waals surface area contributed by atoms with E-state index in [9.17, 15) is 9.59 Å². The van der Waals surface area contributed by atoms with Gasteiger partial charge in [-0.2, -0.15) is 0 Å². The number of amides is 1. The molecule has 0 spiro atoms. The molecule has 2 aliphatic heterocycles. The third-order valence-electron chi connectivity index (χ3n) is 5.22. The number of hydrogen-bond acceptors (Lipinski definition) is 8. The molecule has 164 valence electrons. The summed E-state index contributed by atoms with van der Waals surface area (Å²) in [5, 5.41) is 0.903. The second-order valence-corrected chi connectivity index (χ2v) is 8.92. The highest BCUT2D eigenvalue weighted by atomic mass is 32.1. The first-order chi connectivity index (χ1) is 14.8. The lowest BCUT2D eigenvalue weighted by Gasteiger charge is -2.39. The van der Waals surface area contributed by atoms with E-state index in [1.54, 1.807) is 16.2 Å². The lowest BCUT2D eigenvalue weighted by Crippen LogP contribution is -2.51. The highest BCUT2D eigenvalue weighted by molar-refractivity contribution is 7.09. The maximum absolute atomic E-state index is 13.5. The molecule has 4 rings (SSSR count). The van der Waals surface area contributed by atoms with E-state index < -0.39 is 18.4 Å². The van der Waals surface area contributed by atoms with Crippen molar-refractivity contribution >= 4 is 40.6 Å². The van der Waals surface area contributed by atoms with Crippen LogP contribution in [-0.4, -0.2) is 61.4 Å². The number of ether oxygens (including phenoxy) is 2. The zero-order chi connectivity index (χ0) is 22.1. The van der Waals surface area contributed by atoms with Crippen molar-refractivity contribution in [1.82, 2.24) is 9.80 Å². The van der Waals surface area contributed by atoms with Gasteiger partial charge in [0.15, 0.2) is 0 Å². The summed E-state index contributed by atoms with van der Waals surface area (Å²) in [4.78, 5) is 36.8. The Labute approximate surface area is 185 Å². The zero-order valence-corrected chi connectivity index (χ0v) is 18.9. The molecule has 1 aromatic heterocycles. The number of carbonyl (C=O) groups is 2. The van der Waals surface area contributed by atoms with Gasteiger partial charge in [-0.25, -0.2) is 14.7 Å². The van der Waals surface area contributed by atoms with E-state index >= 15 is 0 Å². The second-order valence-electron chi connectivity index (χ2n) is 7.69. The van der Waals surface area contributed by atoms with Crippen molar-refractivity contribution in [2.75, 3.05) is 38.1 Å². The monoisotopic (exact) mass is 442 g/mol. The molecule has 1 unspecified atom stereocenters. The molecule has 2 aliphatic rings. The van der Waals surface area contributed by atoms with Crippen LogP contribution < -0.4 is 14.8 Å². The van der Waals surface area contributed by atoms with Crippen LogP contribution in [-0.2, 0) is 14.3 Å². The molecule has 0 radical (unpaired) electrons. The Kier molecular flexibility index (Phi) is 5.97. The SMILES string of the molecule is CC(=O)OC(C)OC(=O)N1C(N2CCN(C)CC2)=c2cc(C)sc2=Nc2ccccc21. The number of para-hydroxylation sites is 2. The van der Waals surface area contributed by atoms with Gasteiger partial charge in [-0.05, 0) is 32.2 Å². The first-order valence-corrected chi connectivity index (χ1v) is 11.0. The normalized spacial score (nSPS) is 17.2. The van der Waals surface area contributed by atoms with E-state index in [4.69, 9.17) is 14.5 Å². The number of nitrogens with zero attached hydrogens (tertiary/aromatic N) is 4. The Hall–Kier alpha value is -2.91. The average molecular weight is 443 g/mol. The third-order valence-corrected chi connectivity index (χ3v) is 6.16. The summed E-state index contributed by atoms with van der Waals surface area (Å²) in [6.45, 7) is 8.15. The van der Waals surface area contributed by atoms with Crippen LogP contribution in [0, 0.1) is 6.92 Å². The summed E-state index contributed by atoms with van der Waals surface area (Å²) >= 11 is 1.60. The van der Waals surface area contributed by atoms with Crippen molar-refractivity contribution in [3.8, 4) is 0 Å². The van der Waals surface area contributed by atoms with Gasteiger partial charge in [0.2, 0.25) is 6.29 Å². The van der Waals surface area contributed by atoms with E-state index in [0.717, 1.165) is 46.8 Å². The fourth-order valence-corrected chi connectivity index (χ4v) is 4.69. The molecule has 0 aliphatic carbocycles. The molecule has 8 nitrogen and oxygen atoms in total. The fraction of sp³-hybridized carbons (Fsp3) is 0.409. The predicted octanol–water partition coefficient (Wildman–Crippen LogP) is 2.19. The van der Waals surface area contributed by atoms with Crippen molar-refractivity contribution in [2.24, 2.45) is 4.99 Å². The Bertz CT molecular complexity index is 1120. The average Bonchev–Trinajstić information content (AvgIpc) is 3.00. The molecule has 0 N–H and O–H groups in total. The van der Waals surface area contributed by atoms with Gasteiger partial charge >= 0.3 is 12.1 Å². The van der Waals surface area contributed by atoms with Gasteiger partial charge in [-0.3, -0.25) is 4.79 Å². The van der Waals surface area contributed by atoms with Crippen LogP contribution in [0.3, 0.4) is 0 Å². The highest BCUT2D eigenvalue weighted by Gasteiger charge is 2.33. The molecule has 1 saturated heterocycles. The quantitative estimate of drug-likeness (QED) is 0.536. The largest absolute Gasteiger partial charge is 0.426 e. The van der Waals surface area contributed by atoms with Crippen molar-refractivity contribution in [3.05, 3.63) is 45.1 Å². The maximum Gasteiger partial charge on any atom is 0.423 e. The number of aryl methyl sites for hydroxylation is 1. The minimum atomic E-state index is -1.00. The summed E-state index contributed by atoms with van der Waals surface area (Å²) in [7, 11) is 2.09. The number of benzene rings is 1. The van der Waals surface area contributed by atoms with Gasteiger partial charge < -0.3 is 19.3 Å². The van der Waals surface area contributed by atoms with Crippen LogP contribution in [0.2, 0.25) is 0 Å². The van der Waals surface area contributed by atoms with Crippen molar-refractivity contribution in [1.29, 1.82) is 0 Å². The molecule has 31 heavy (non-hydrogen) atoms. The van der Waals surface area contributed by atoms with Crippen molar-refractivity contribution < 1.29 is 19.1 Å². The van der Waals surface area contributed by atoms with E-state index in [0.29, 0.717) is 11.4 Å². The highest BCUT2D eigenvalue weighted by Crippen LogP contribution is 2.34. The van der Waals surface area contributed by atoms with Gasteiger partial charge in [0.1, 0.15) is 10.5 Å². The lowest BCUT2D eigenvalue weighted by atomic mass is 10.2. The summed E-state index contributed by atoms with van der Waals surface area (Å²) in [6, 6.07) is 9.58. The van der Waals surface area contributed by atoms with E-state index in [1.165, 1.54) is 13.8 Å². The van der Waals surface area contributed by atoms with Gasteiger partial charge in [0.05, 0.1) is 16.6 Å². The topological polar surface area (TPSA) is 74.7 Å². The molecule has 9 heteroatoms. The van der Waals surface area contributed by atoms with Gasteiger partial charge in [-0.1, -0.05) is 12.1 Å². The van der Waals surface area contributed by atoms with E-state index in [-0.39, 0.29) is 0 Å². The molecule has 1 aromatic carbocycles. The lowest BCUT2D eigenvalue weighted by molar-refractivity contribution is -0.161. The Balaban J connectivity index is 1.87. The zero-order valence-electron chi connectivity index (χ0n) is 18.1. The number of carbonyl (C=O) groups excluding carboxylic acids is 2. The molecule has 3 heterocycles. The van der Waals surface area contributed by atoms with Crippen LogP contribution in [0.15, 0.2) is 35.3 Å². The van der Waals surface area contributed by atoms with Crippen LogP contribution in [0.1, 0.15) is 18.7 Å². The minimum Gasteiger partial charge on any atom is -0.426 e. The van der Waals surface area contributed by atoms with E-state index in [2.05, 4.69) is 22.9 Å². The standard InChI is InChI=1S/C22H26N4O4S/c1-14-13-17-20(31-14)23-18-7-5-6-8-19(18)26(22(28)30-16(3)29-15(2)27)21(17)25-11-9-24(4)10-12-25/h5-8,13,16H,9-12H2,1-4H3. The van der Waals surface area contributed by atoms with Crippen molar-refractivity contribution in [2.45, 2.75) is 27.1 Å². The smallest absolute Gasteiger partial charge is 0.423 e. The first kappa shape index (κ1) is 21.3. The number of thiophene rings is 1. The van der Waals surface area contributed by atoms with Crippen molar-refractivity contribution in [3.63, 3.8) is 0 Å². The minimum absolute atomic E-state index is 0.509. The van der Waals surface area contributed by atoms with E-state index in [1.807, 2.05) is 31.2 Å². The Morgan fingerprint density at radius 2 is 1.84 bits per heavy atom. The van der Waals surface area contributed by atoms with Gasteiger partial charge in [-0.15, -0.1) is 11.3 Å². The van der Waals surface area contributed by atoms with Crippen LogP contribution >= 0.6 is 11.3 Å². The molecule has 0 bridgehead atoms. The molecule has 1 amide bonds. The number of hydrogen-bond donors (Lipinski definition) is 0. The summed E-state index contributed by atoms with van der Waals surface area (Å²) in [5.41, 5.74) is 1.32. The summed E-state index contributed by atoms with van der Waals surface area (Å²) < 4.78 is 11.4. The van der Waals surface area contributed by atoms with Crippen LogP contribution in [0.5, 0.6) is 0 Å². The number of likely N-dealkylation sites (N-methyl/N-ethyl adjacent to an activating group) is 1. The number of fused-ring (bicyclic) bond motifs is 2. The summed E-state index contributed by atoms with van der Waals surface area (Å²) in [6.07, 6.45) is -1.61. The summed E-state index contributed by atoms with van der Waals surface area (Å²) in [5.74, 6) is 0.242. The molecular weight excluding hydrogens is 416 g/mol. The Morgan fingerprint density at radius 1 is 1.13 bits per heavy atom. The molecule has 0 saturated carbocycles. The maximum atomic E-state index is 13.5. The first-order valence-electron chi connectivity index (χ1n) is 10.2. The fourth-order valence-electron chi connectivity index (χ4n) is 3.80. The number of anilines is 1. The number of rotatable bonds is 3. The molecule has 2 aromatic rings. The molecule has 1 fully saturated rings.